The first-order chi connectivity index (χ1) is 18.0. The van der Waals surface area contributed by atoms with E-state index in [9.17, 15) is 14.4 Å². The monoisotopic (exact) mass is 503 g/mol. The van der Waals surface area contributed by atoms with Gasteiger partial charge in [0.1, 0.15) is 19.0 Å². The fourth-order valence-corrected chi connectivity index (χ4v) is 4.79. The highest BCUT2D eigenvalue weighted by atomic mass is 16.6. The highest BCUT2D eigenvalue weighted by molar-refractivity contribution is 5.84. The predicted molar refractivity (Wildman–Crippen MR) is 133 cm³/mol. The van der Waals surface area contributed by atoms with Crippen LogP contribution in [0.5, 0.6) is 0 Å². The molecule has 0 aliphatic carbocycles. The third-order valence-corrected chi connectivity index (χ3v) is 6.85. The van der Waals surface area contributed by atoms with Gasteiger partial charge in [-0.25, -0.2) is 14.6 Å². The highest BCUT2D eigenvalue weighted by Crippen LogP contribution is 2.26. The van der Waals surface area contributed by atoms with Crippen molar-refractivity contribution >= 4 is 18.0 Å². The molecule has 1 atom stereocenters. The van der Waals surface area contributed by atoms with Crippen molar-refractivity contribution in [3.05, 3.63) is 77.7 Å². The Morgan fingerprint density at radius 1 is 1.03 bits per heavy atom. The Bertz CT molecular complexity index is 1250. The van der Waals surface area contributed by atoms with Gasteiger partial charge in [0.05, 0.1) is 12.1 Å². The zero-order valence-corrected chi connectivity index (χ0v) is 20.7. The van der Waals surface area contributed by atoms with Gasteiger partial charge < -0.3 is 18.8 Å². The number of rotatable bonds is 7. The Kier molecular flexibility index (Phi) is 7.20. The molecule has 3 heterocycles. The number of likely N-dealkylation sites (tertiary alicyclic amines) is 1. The van der Waals surface area contributed by atoms with Gasteiger partial charge >= 0.3 is 12.1 Å². The van der Waals surface area contributed by atoms with Crippen LogP contribution in [0.15, 0.2) is 65.1 Å². The van der Waals surface area contributed by atoms with E-state index in [1.165, 1.54) is 4.90 Å². The van der Waals surface area contributed by atoms with Crippen LogP contribution in [0.2, 0.25) is 0 Å². The summed E-state index contributed by atoms with van der Waals surface area (Å²) < 4.78 is 16.4. The summed E-state index contributed by atoms with van der Waals surface area (Å²) in [7, 11) is 0. The molecule has 0 saturated carbocycles. The summed E-state index contributed by atoms with van der Waals surface area (Å²) in [4.78, 5) is 46.0. The molecule has 2 saturated heterocycles. The molecule has 0 radical (unpaired) electrons. The summed E-state index contributed by atoms with van der Waals surface area (Å²) in [6, 6.07) is 18.0. The van der Waals surface area contributed by atoms with Crippen LogP contribution in [0.25, 0.3) is 11.5 Å². The van der Waals surface area contributed by atoms with Gasteiger partial charge in [-0.2, -0.15) is 0 Å². The third-order valence-electron chi connectivity index (χ3n) is 6.85. The number of hydrogen-bond acceptors (Lipinski definition) is 7. The summed E-state index contributed by atoms with van der Waals surface area (Å²) in [5.41, 5.74) is 2.35. The van der Waals surface area contributed by atoms with Crippen molar-refractivity contribution in [1.29, 1.82) is 0 Å². The molecule has 9 nitrogen and oxygen atoms in total. The van der Waals surface area contributed by atoms with Gasteiger partial charge in [0.2, 0.25) is 11.8 Å². The van der Waals surface area contributed by atoms with Crippen molar-refractivity contribution in [1.82, 2.24) is 14.8 Å². The first-order valence-electron chi connectivity index (χ1n) is 12.4. The third kappa shape index (κ3) is 5.50. The molecule has 2 fully saturated rings. The number of benzene rings is 2. The summed E-state index contributed by atoms with van der Waals surface area (Å²) in [5.74, 6) is 0.595. The SMILES string of the molecule is Cc1oc(-c2ccccc2)nc1CC(=O)N1CCC(N2C(=O)OC[C@H]2C(=O)OCc2ccccc2)CC1. The molecule has 5 rings (SSSR count). The smallest absolute Gasteiger partial charge is 0.410 e. The van der Waals surface area contributed by atoms with E-state index in [-0.39, 0.29) is 31.6 Å². The second-order valence-corrected chi connectivity index (χ2v) is 9.27. The van der Waals surface area contributed by atoms with E-state index in [0.29, 0.717) is 43.3 Å². The van der Waals surface area contributed by atoms with Gasteiger partial charge in [0, 0.05) is 24.7 Å². The number of ether oxygens (including phenoxy) is 2. The lowest BCUT2D eigenvalue weighted by Gasteiger charge is -2.37. The summed E-state index contributed by atoms with van der Waals surface area (Å²) >= 11 is 0. The molecule has 2 aromatic carbocycles. The van der Waals surface area contributed by atoms with Gasteiger partial charge in [0.25, 0.3) is 0 Å². The van der Waals surface area contributed by atoms with Crippen molar-refractivity contribution in [2.75, 3.05) is 19.7 Å². The number of amides is 2. The molecule has 192 valence electrons. The van der Waals surface area contributed by atoms with Crippen molar-refractivity contribution in [2.45, 2.75) is 44.9 Å². The van der Waals surface area contributed by atoms with Gasteiger partial charge in [-0.1, -0.05) is 48.5 Å². The summed E-state index contributed by atoms with van der Waals surface area (Å²) in [5, 5.41) is 0. The predicted octanol–water partition coefficient (Wildman–Crippen LogP) is 3.75. The number of carbonyl (C=O) groups excluding carboxylic acids is 3. The van der Waals surface area contributed by atoms with Crippen molar-refractivity contribution in [3.8, 4) is 11.5 Å². The first-order valence-corrected chi connectivity index (χ1v) is 12.4. The largest absolute Gasteiger partial charge is 0.459 e. The number of oxazole rings is 1. The van der Waals surface area contributed by atoms with E-state index in [4.69, 9.17) is 13.9 Å². The molecule has 1 aromatic heterocycles. The number of hydrogen-bond donors (Lipinski definition) is 0. The Morgan fingerprint density at radius 3 is 2.41 bits per heavy atom. The first kappa shape index (κ1) is 24.5. The van der Waals surface area contributed by atoms with Crippen LogP contribution >= 0.6 is 0 Å². The molecule has 0 bridgehead atoms. The average molecular weight is 504 g/mol. The summed E-state index contributed by atoms with van der Waals surface area (Å²) in [6.45, 7) is 2.87. The standard InChI is InChI=1S/C28H29N3O6/c1-19-23(29-26(37-19)21-10-6-3-7-11-21)16-25(32)30-14-12-22(13-15-30)31-24(18-36-28(31)34)27(33)35-17-20-8-4-2-5-9-20/h2-11,22,24H,12-18H2,1H3/t24-/m0/s1. The van der Waals surface area contributed by atoms with E-state index >= 15 is 0 Å². The molecule has 0 spiro atoms. The Labute approximate surface area is 215 Å². The van der Waals surface area contributed by atoms with Crippen LogP contribution in [0.4, 0.5) is 4.79 Å². The van der Waals surface area contributed by atoms with Gasteiger partial charge in [-0.05, 0) is 37.5 Å². The molecule has 9 heteroatoms. The van der Waals surface area contributed by atoms with Gasteiger partial charge in [0.15, 0.2) is 6.04 Å². The minimum Gasteiger partial charge on any atom is -0.459 e. The lowest BCUT2D eigenvalue weighted by molar-refractivity contribution is -0.150. The Balaban J connectivity index is 1.16. The number of aromatic nitrogens is 1. The van der Waals surface area contributed by atoms with Crippen LogP contribution in [0, 0.1) is 6.92 Å². The molecule has 2 aliphatic rings. The number of esters is 1. The van der Waals surface area contributed by atoms with Crippen LogP contribution in [-0.2, 0) is 32.1 Å². The topological polar surface area (TPSA) is 102 Å². The van der Waals surface area contributed by atoms with E-state index < -0.39 is 18.1 Å². The highest BCUT2D eigenvalue weighted by Gasteiger charge is 2.44. The summed E-state index contributed by atoms with van der Waals surface area (Å²) in [6.07, 6.45) is 0.734. The maximum Gasteiger partial charge on any atom is 0.410 e. The molecule has 2 aliphatic heterocycles. The van der Waals surface area contributed by atoms with E-state index in [1.807, 2.05) is 67.6 Å². The fraction of sp³-hybridized carbons (Fsp3) is 0.357. The maximum absolute atomic E-state index is 13.0. The number of carbonyl (C=O) groups is 3. The number of nitrogens with zero attached hydrogens (tertiary/aromatic N) is 3. The lowest BCUT2D eigenvalue weighted by atomic mass is 10.0. The molecule has 0 unspecified atom stereocenters. The molecular formula is C28H29N3O6. The number of piperidine rings is 1. The van der Waals surface area contributed by atoms with Crippen molar-refractivity contribution in [2.24, 2.45) is 0 Å². The quantitative estimate of drug-likeness (QED) is 0.453. The second-order valence-electron chi connectivity index (χ2n) is 9.27. The average Bonchev–Trinajstić information content (AvgIpc) is 3.50. The van der Waals surface area contributed by atoms with Crippen LogP contribution in [0.1, 0.15) is 29.9 Å². The lowest BCUT2D eigenvalue weighted by Crippen LogP contribution is -2.52. The number of cyclic esters (lactones) is 1. The molecular weight excluding hydrogens is 474 g/mol. The van der Waals surface area contributed by atoms with Crippen LogP contribution in [0.3, 0.4) is 0 Å². The Morgan fingerprint density at radius 2 is 1.70 bits per heavy atom. The van der Waals surface area contributed by atoms with Crippen molar-refractivity contribution in [3.63, 3.8) is 0 Å². The van der Waals surface area contributed by atoms with Crippen LogP contribution in [-0.4, -0.2) is 64.5 Å². The minimum atomic E-state index is -0.780. The van der Waals surface area contributed by atoms with Crippen LogP contribution < -0.4 is 0 Å². The maximum atomic E-state index is 13.0. The molecule has 37 heavy (non-hydrogen) atoms. The second kappa shape index (κ2) is 10.9. The molecule has 3 aromatic rings. The Hall–Kier alpha value is -4.14. The van der Waals surface area contributed by atoms with E-state index in [2.05, 4.69) is 4.98 Å². The number of aryl methyl sites for hydroxylation is 1. The van der Waals surface area contributed by atoms with E-state index in [1.54, 1.807) is 4.90 Å². The van der Waals surface area contributed by atoms with Crippen molar-refractivity contribution < 1.29 is 28.3 Å². The van der Waals surface area contributed by atoms with Gasteiger partial charge in [-0.3, -0.25) is 9.69 Å². The molecule has 2 amide bonds. The zero-order valence-electron chi connectivity index (χ0n) is 20.7. The van der Waals surface area contributed by atoms with E-state index in [0.717, 1.165) is 11.1 Å². The van der Waals surface area contributed by atoms with Gasteiger partial charge in [-0.15, -0.1) is 0 Å². The normalized spacial score (nSPS) is 18.1. The molecule has 0 N–H and O–H groups in total. The fourth-order valence-electron chi connectivity index (χ4n) is 4.79. The minimum absolute atomic E-state index is 0.0270. The zero-order chi connectivity index (χ0) is 25.8.